The number of aromatic nitrogens is 2. The summed E-state index contributed by atoms with van der Waals surface area (Å²) in [5, 5.41) is 9.85. The van der Waals surface area contributed by atoms with Crippen LogP contribution in [0.15, 0.2) is 30.5 Å². The molecule has 1 aliphatic rings. The van der Waals surface area contributed by atoms with Gasteiger partial charge in [0, 0.05) is 11.9 Å². The van der Waals surface area contributed by atoms with Crippen molar-refractivity contribution in [2.75, 3.05) is 0 Å². The first-order valence-electron chi connectivity index (χ1n) is 7.00. The third-order valence-electron chi connectivity index (χ3n) is 3.97. The lowest BCUT2D eigenvalue weighted by Gasteiger charge is -2.19. The number of rotatable bonds is 3. The van der Waals surface area contributed by atoms with Crippen molar-refractivity contribution in [3.63, 3.8) is 0 Å². The Kier molecular flexibility index (Phi) is 3.30. The van der Waals surface area contributed by atoms with Crippen molar-refractivity contribution in [2.45, 2.75) is 32.7 Å². The molecule has 0 aliphatic heterocycles. The first kappa shape index (κ1) is 12.9. The van der Waals surface area contributed by atoms with E-state index in [-0.39, 0.29) is 11.9 Å². The topological polar surface area (TPSA) is 57.8 Å². The predicted molar refractivity (Wildman–Crippen MR) is 77.2 cm³/mol. The van der Waals surface area contributed by atoms with E-state index in [1.165, 1.54) is 16.7 Å². The summed E-state index contributed by atoms with van der Waals surface area (Å²) in [7, 11) is 0. The van der Waals surface area contributed by atoms with Gasteiger partial charge in [-0.05, 0) is 36.5 Å². The summed E-state index contributed by atoms with van der Waals surface area (Å²) in [6.07, 6.45) is 3.05. The Morgan fingerprint density at radius 3 is 3.05 bits per heavy atom. The largest absolute Gasteiger partial charge is 0.349 e. The highest BCUT2D eigenvalue weighted by Crippen LogP contribution is 2.36. The van der Waals surface area contributed by atoms with E-state index in [9.17, 15) is 4.79 Å². The van der Waals surface area contributed by atoms with E-state index in [4.69, 9.17) is 0 Å². The maximum Gasteiger partial charge on any atom is 0.226 e. The molecule has 2 atom stereocenters. The number of fused-ring (bicyclic) bond motifs is 1. The van der Waals surface area contributed by atoms with Crippen LogP contribution in [0.1, 0.15) is 35.3 Å². The minimum atomic E-state index is 0.0421. The van der Waals surface area contributed by atoms with Crippen LogP contribution in [0.4, 0.5) is 0 Å². The molecule has 0 bridgehead atoms. The predicted octanol–water partition coefficient (Wildman–Crippen LogP) is 2.31. The van der Waals surface area contributed by atoms with Crippen LogP contribution >= 0.6 is 0 Å². The average molecular weight is 269 g/mol. The number of amides is 1. The third-order valence-corrected chi connectivity index (χ3v) is 3.97. The fraction of sp³-hybridized carbons (Fsp3) is 0.375. The number of hydrogen-bond donors (Lipinski definition) is 2. The van der Waals surface area contributed by atoms with Crippen molar-refractivity contribution in [3.05, 3.63) is 52.8 Å². The molecule has 2 aromatic rings. The minimum Gasteiger partial charge on any atom is -0.349 e. The molecule has 104 valence electrons. The molecule has 0 spiro atoms. The van der Waals surface area contributed by atoms with E-state index < -0.39 is 0 Å². The highest BCUT2D eigenvalue weighted by molar-refractivity contribution is 5.78. The van der Waals surface area contributed by atoms with Gasteiger partial charge < -0.3 is 5.32 Å². The molecule has 1 heterocycles. The monoisotopic (exact) mass is 269 g/mol. The number of aromatic amines is 1. The van der Waals surface area contributed by atoms with Crippen LogP contribution in [0, 0.1) is 12.8 Å². The number of nitrogens with one attached hydrogen (secondary N) is 2. The molecule has 0 unspecified atom stereocenters. The number of carbonyl (C=O) groups excluding carboxylic acids is 1. The van der Waals surface area contributed by atoms with Crippen LogP contribution in [0.25, 0.3) is 0 Å². The fourth-order valence-corrected chi connectivity index (χ4v) is 2.96. The molecule has 1 amide bonds. The maximum absolute atomic E-state index is 12.1. The second-order valence-electron chi connectivity index (χ2n) is 5.69. The summed E-state index contributed by atoms with van der Waals surface area (Å²) in [4.78, 5) is 12.1. The summed E-state index contributed by atoms with van der Waals surface area (Å²) >= 11 is 0. The zero-order valence-electron chi connectivity index (χ0n) is 11.8. The molecule has 4 heteroatoms. The highest BCUT2D eigenvalue weighted by atomic mass is 16.1. The molecule has 0 fully saturated rings. The van der Waals surface area contributed by atoms with Crippen LogP contribution in [-0.2, 0) is 17.6 Å². The van der Waals surface area contributed by atoms with Crippen molar-refractivity contribution in [1.29, 1.82) is 0 Å². The number of nitrogens with zero attached hydrogens (tertiary/aromatic N) is 1. The van der Waals surface area contributed by atoms with E-state index in [2.05, 4.69) is 47.6 Å². The quantitative estimate of drug-likeness (QED) is 0.898. The van der Waals surface area contributed by atoms with Gasteiger partial charge in [0.15, 0.2) is 0 Å². The minimum absolute atomic E-state index is 0.0421. The van der Waals surface area contributed by atoms with Crippen LogP contribution in [-0.4, -0.2) is 16.1 Å². The molecular formula is C16H19N3O. The van der Waals surface area contributed by atoms with E-state index in [0.29, 0.717) is 12.3 Å². The molecular weight excluding hydrogens is 250 g/mol. The standard InChI is InChI=1S/C16H19N3O/c1-10-3-4-12-8-11(2)16(14(12)7-10)18-15(20)9-13-5-6-17-19-13/h3-7,11,16H,8-9H2,1-2H3,(H,17,19)(H,18,20)/t11-,16-/m1/s1. The lowest BCUT2D eigenvalue weighted by atomic mass is 10.0. The number of benzene rings is 1. The van der Waals surface area contributed by atoms with E-state index in [1.807, 2.05) is 6.07 Å². The summed E-state index contributed by atoms with van der Waals surface area (Å²) in [6, 6.07) is 8.47. The zero-order chi connectivity index (χ0) is 14.1. The number of carbonyl (C=O) groups is 1. The van der Waals surface area contributed by atoms with Gasteiger partial charge in [0.2, 0.25) is 5.91 Å². The Morgan fingerprint density at radius 2 is 2.30 bits per heavy atom. The van der Waals surface area contributed by atoms with Crippen LogP contribution in [0.3, 0.4) is 0 Å². The Hall–Kier alpha value is -2.10. The molecule has 3 rings (SSSR count). The van der Waals surface area contributed by atoms with Crippen LogP contribution in [0.5, 0.6) is 0 Å². The van der Waals surface area contributed by atoms with Crippen molar-refractivity contribution < 1.29 is 4.79 Å². The number of H-pyrrole nitrogens is 1. The number of hydrogen-bond acceptors (Lipinski definition) is 2. The second-order valence-corrected chi connectivity index (χ2v) is 5.69. The van der Waals surface area contributed by atoms with Gasteiger partial charge in [-0.1, -0.05) is 30.7 Å². The van der Waals surface area contributed by atoms with Crippen molar-refractivity contribution in [2.24, 2.45) is 5.92 Å². The van der Waals surface area contributed by atoms with E-state index >= 15 is 0 Å². The molecule has 1 aromatic carbocycles. The Morgan fingerprint density at radius 1 is 1.45 bits per heavy atom. The molecule has 20 heavy (non-hydrogen) atoms. The van der Waals surface area contributed by atoms with Crippen LogP contribution < -0.4 is 5.32 Å². The lowest BCUT2D eigenvalue weighted by Crippen LogP contribution is -2.31. The molecule has 0 saturated carbocycles. The van der Waals surface area contributed by atoms with Gasteiger partial charge in [-0.15, -0.1) is 0 Å². The van der Waals surface area contributed by atoms with Crippen LogP contribution in [0.2, 0.25) is 0 Å². The number of aryl methyl sites for hydroxylation is 1. The molecule has 2 N–H and O–H groups in total. The van der Waals surface area contributed by atoms with E-state index in [1.54, 1.807) is 6.20 Å². The van der Waals surface area contributed by atoms with Gasteiger partial charge in [0.1, 0.15) is 0 Å². The second kappa shape index (κ2) is 5.12. The molecule has 0 saturated heterocycles. The van der Waals surface area contributed by atoms with Gasteiger partial charge in [-0.2, -0.15) is 5.10 Å². The van der Waals surface area contributed by atoms with Gasteiger partial charge in [0.05, 0.1) is 12.5 Å². The van der Waals surface area contributed by atoms with Crippen molar-refractivity contribution >= 4 is 5.91 Å². The summed E-state index contributed by atoms with van der Waals surface area (Å²) in [5.41, 5.74) is 4.72. The zero-order valence-corrected chi connectivity index (χ0v) is 11.8. The molecule has 0 radical (unpaired) electrons. The normalized spacial score (nSPS) is 20.7. The van der Waals surface area contributed by atoms with Gasteiger partial charge >= 0.3 is 0 Å². The van der Waals surface area contributed by atoms with Gasteiger partial charge in [-0.3, -0.25) is 9.89 Å². The average Bonchev–Trinajstić information content (AvgIpc) is 3.00. The molecule has 4 nitrogen and oxygen atoms in total. The first-order chi connectivity index (χ1) is 9.63. The Balaban J connectivity index is 1.74. The van der Waals surface area contributed by atoms with Gasteiger partial charge in [0.25, 0.3) is 0 Å². The first-order valence-corrected chi connectivity index (χ1v) is 7.00. The maximum atomic E-state index is 12.1. The van der Waals surface area contributed by atoms with Crippen molar-refractivity contribution in [1.82, 2.24) is 15.5 Å². The summed E-state index contributed by atoms with van der Waals surface area (Å²) < 4.78 is 0. The smallest absolute Gasteiger partial charge is 0.226 e. The molecule has 1 aliphatic carbocycles. The fourth-order valence-electron chi connectivity index (χ4n) is 2.96. The van der Waals surface area contributed by atoms with Crippen molar-refractivity contribution in [3.8, 4) is 0 Å². The van der Waals surface area contributed by atoms with E-state index in [0.717, 1.165) is 12.1 Å². The molecule has 1 aromatic heterocycles. The summed E-state index contributed by atoms with van der Waals surface area (Å²) in [6.45, 7) is 4.28. The van der Waals surface area contributed by atoms with Gasteiger partial charge in [-0.25, -0.2) is 0 Å². The Bertz CT molecular complexity index is 619. The highest BCUT2D eigenvalue weighted by Gasteiger charge is 2.30. The SMILES string of the molecule is Cc1ccc2c(c1)[C@H](NC(=O)Cc1ccn[nH]1)[C@H](C)C2. The Labute approximate surface area is 118 Å². The lowest BCUT2D eigenvalue weighted by molar-refractivity contribution is -0.121. The summed E-state index contributed by atoms with van der Waals surface area (Å²) in [5.74, 6) is 0.484. The third kappa shape index (κ3) is 2.46.